The van der Waals surface area contributed by atoms with Crippen LogP contribution in [0.4, 0.5) is 0 Å². The van der Waals surface area contributed by atoms with E-state index in [9.17, 15) is 4.79 Å². The predicted molar refractivity (Wildman–Crippen MR) is 107 cm³/mol. The predicted octanol–water partition coefficient (Wildman–Crippen LogP) is 0.276. The van der Waals surface area contributed by atoms with Crippen molar-refractivity contribution in [2.75, 3.05) is 26.2 Å². The SMILES string of the molecule is Cc1cccc(C[NH+]2CC[NH+]([C@H](C)c3nc4ccccc4c(=O)[nH]3)CC2)c1. The van der Waals surface area contributed by atoms with E-state index in [0.29, 0.717) is 5.39 Å². The summed E-state index contributed by atoms with van der Waals surface area (Å²) in [7, 11) is 0. The van der Waals surface area contributed by atoms with Crippen LogP contribution < -0.4 is 15.4 Å². The number of nitrogens with zero attached hydrogens (tertiary/aromatic N) is 1. The Kier molecular flexibility index (Phi) is 5.05. The van der Waals surface area contributed by atoms with Crippen molar-refractivity contribution in [3.05, 3.63) is 75.8 Å². The van der Waals surface area contributed by atoms with Crippen LogP contribution >= 0.6 is 0 Å². The van der Waals surface area contributed by atoms with E-state index in [1.165, 1.54) is 16.0 Å². The van der Waals surface area contributed by atoms with Crippen LogP contribution in [0.15, 0.2) is 53.3 Å². The molecule has 27 heavy (non-hydrogen) atoms. The zero-order chi connectivity index (χ0) is 18.8. The van der Waals surface area contributed by atoms with Gasteiger partial charge >= 0.3 is 0 Å². The Morgan fingerprint density at radius 2 is 1.85 bits per heavy atom. The van der Waals surface area contributed by atoms with Crippen LogP contribution in [-0.4, -0.2) is 36.1 Å². The number of para-hydroxylation sites is 1. The molecule has 0 unspecified atom stereocenters. The zero-order valence-electron chi connectivity index (χ0n) is 16.1. The molecule has 0 amide bonds. The van der Waals surface area contributed by atoms with Gasteiger partial charge in [-0.2, -0.15) is 0 Å². The summed E-state index contributed by atoms with van der Waals surface area (Å²) in [5.74, 6) is 0.802. The molecule has 1 atom stereocenters. The maximum absolute atomic E-state index is 12.4. The second-order valence-corrected chi connectivity index (χ2v) is 7.76. The Hall–Kier alpha value is -2.50. The number of aryl methyl sites for hydroxylation is 1. The lowest BCUT2D eigenvalue weighted by Crippen LogP contribution is -3.27. The van der Waals surface area contributed by atoms with Gasteiger partial charge in [0, 0.05) is 5.56 Å². The number of H-pyrrole nitrogens is 1. The van der Waals surface area contributed by atoms with E-state index in [1.54, 1.807) is 4.90 Å². The smallest absolute Gasteiger partial charge is 0.258 e. The first kappa shape index (κ1) is 17.9. The molecule has 2 aromatic carbocycles. The third kappa shape index (κ3) is 3.94. The van der Waals surface area contributed by atoms with Crippen molar-refractivity contribution in [1.82, 2.24) is 9.97 Å². The highest BCUT2D eigenvalue weighted by molar-refractivity contribution is 5.77. The molecule has 1 saturated heterocycles. The molecule has 0 spiro atoms. The Balaban J connectivity index is 1.43. The van der Waals surface area contributed by atoms with Gasteiger partial charge in [0.05, 0.1) is 10.9 Å². The second kappa shape index (κ2) is 7.62. The van der Waals surface area contributed by atoms with Crippen LogP contribution in [0.2, 0.25) is 0 Å². The summed E-state index contributed by atoms with van der Waals surface area (Å²) >= 11 is 0. The summed E-state index contributed by atoms with van der Waals surface area (Å²) in [6.45, 7) is 9.90. The number of rotatable bonds is 4. The maximum Gasteiger partial charge on any atom is 0.258 e. The molecule has 0 saturated carbocycles. The first-order valence-electron chi connectivity index (χ1n) is 9.83. The minimum atomic E-state index is -0.0365. The van der Waals surface area contributed by atoms with Crippen molar-refractivity contribution >= 4 is 10.9 Å². The molecule has 1 fully saturated rings. The minimum Gasteiger partial charge on any atom is -0.322 e. The van der Waals surface area contributed by atoms with Gasteiger partial charge in [-0.3, -0.25) is 4.79 Å². The Morgan fingerprint density at radius 1 is 1.07 bits per heavy atom. The van der Waals surface area contributed by atoms with Crippen molar-refractivity contribution in [3.63, 3.8) is 0 Å². The number of nitrogens with one attached hydrogen (secondary N) is 3. The molecule has 0 bridgehead atoms. The zero-order valence-corrected chi connectivity index (χ0v) is 16.1. The van der Waals surface area contributed by atoms with Gasteiger partial charge in [0.2, 0.25) is 0 Å². The lowest BCUT2D eigenvalue weighted by atomic mass is 10.1. The quantitative estimate of drug-likeness (QED) is 0.623. The fourth-order valence-electron chi connectivity index (χ4n) is 4.15. The molecule has 5 nitrogen and oxygen atoms in total. The van der Waals surface area contributed by atoms with Gasteiger partial charge in [-0.1, -0.05) is 42.0 Å². The van der Waals surface area contributed by atoms with Gasteiger partial charge in [0.25, 0.3) is 5.56 Å². The Labute approximate surface area is 159 Å². The van der Waals surface area contributed by atoms with Crippen molar-refractivity contribution in [1.29, 1.82) is 0 Å². The topological polar surface area (TPSA) is 54.6 Å². The average molecular weight is 364 g/mol. The number of aromatic amines is 1. The van der Waals surface area contributed by atoms with Gasteiger partial charge in [0.15, 0.2) is 5.82 Å². The van der Waals surface area contributed by atoms with Crippen LogP contribution in [-0.2, 0) is 6.54 Å². The van der Waals surface area contributed by atoms with Crippen LogP contribution in [0.1, 0.15) is 29.9 Å². The molecule has 2 heterocycles. The summed E-state index contributed by atoms with van der Waals surface area (Å²) in [6, 6.07) is 16.6. The molecule has 1 aliphatic heterocycles. The summed E-state index contributed by atoms with van der Waals surface area (Å²) in [6.07, 6.45) is 0. The number of hydrogen-bond donors (Lipinski definition) is 3. The summed E-state index contributed by atoms with van der Waals surface area (Å²) < 4.78 is 0. The van der Waals surface area contributed by atoms with Crippen LogP contribution in [0.5, 0.6) is 0 Å². The molecule has 0 radical (unpaired) electrons. The molecule has 140 valence electrons. The van der Waals surface area contributed by atoms with Gasteiger partial charge in [-0.25, -0.2) is 4.98 Å². The molecule has 0 aliphatic carbocycles. The highest BCUT2D eigenvalue weighted by atomic mass is 16.1. The third-order valence-corrected chi connectivity index (χ3v) is 5.79. The fourth-order valence-corrected chi connectivity index (χ4v) is 4.15. The molecule has 1 aromatic heterocycles. The van der Waals surface area contributed by atoms with E-state index in [0.717, 1.165) is 44.1 Å². The van der Waals surface area contributed by atoms with Gasteiger partial charge in [0.1, 0.15) is 38.8 Å². The van der Waals surface area contributed by atoms with E-state index in [1.807, 2.05) is 24.3 Å². The van der Waals surface area contributed by atoms with Crippen molar-refractivity contribution in [3.8, 4) is 0 Å². The number of hydrogen-bond acceptors (Lipinski definition) is 2. The second-order valence-electron chi connectivity index (χ2n) is 7.76. The van der Waals surface area contributed by atoms with E-state index in [4.69, 9.17) is 4.98 Å². The van der Waals surface area contributed by atoms with E-state index in [-0.39, 0.29) is 11.6 Å². The lowest BCUT2D eigenvalue weighted by molar-refractivity contribution is -1.03. The fraction of sp³-hybridized carbons (Fsp3) is 0.364. The van der Waals surface area contributed by atoms with Crippen LogP contribution in [0.25, 0.3) is 10.9 Å². The van der Waals surface area contributed by atoms with Crippen LogP contribution in [0.3, 0.4) is 0 Å². The third-order valence-electron chi connectivity index (χ3n) is 5.79. The summed E-state index contributed by atoms with van der Waals surface area (Å²) in [5, 5.41) is 0.663. The number of quaternary nitrogens is 2. The first-order chi connectivity index (χ1) is 13.1. The molecule has 3 N–H and O–H groups in total. The van der Waals surface area contributed by atoms with Gasteiger partial charge in [-0.15, -0.1) is 0 Å². The van der Waals surface area contributed by atoms with Crippen LogP contribution in [0, 0.1) is 6.92 Å². The summed E-state index contributed by atoms with van der Waals surface area (Å²) in [5.41, 5.74) is 3.50. The van der Waals surface area contributed by atoms with Crippen molar-refractivity contribution in [2.24, 2.45) is 0 Å². The standard InChI is InChI=1S/C22H26N4O/c1-16-6-5-7-18(14-16)15-25-10-12-26(13-11-25)17(2)21-23-20-9-4-3-8-19(20)22(27)24-21/h3-9,14,17H,10-13,15H2,1-2H3,(H,23,24,27)/p+2/t17-/m1/s1. The molecule has 3 aromatic rings. The first-order valence-corrected chi connectivity index (χ1v) is 9.83. The van der Waals surface area contributed by atoms with Gasteiger partial charge < -0.3 is 14.8 Å². The number of piperazine rings is 1. The average Bonchev–Trinajstić information content (AvgIpc) is 2.68. The molecular formula is C22H28N4O+2. The molecular weight excluding hydrogens is 336 g/mol. The maximum atomic E-state index is 12.4. The Morgan fingerprint density at radius 3 is 2.63 bits per heavy atom. The van der Waals surface area contributed by atoms with E-state index >= 15 is 0 Å². The number of benzene rings is 2. The molecule has 4 rings (SSSR count). The van der Waals surface area contributed by atoms with Crippen molar-refractivity contribution < 1.29 is 9.80 Å². The normalized spacial score (nSPS) is 21.3. The largest absolute Gasteiger partial charge is 0.322 e. The molecule has 5 heteroatoms. The monoisotopic (exact) mass is 364 g/mol. The van der Waals surface area contributed by atoms with E-state index in [2.05, 4.69) is 43.1 Å². The molecule has 1 aliphatic rings. The lowest BCUT2D eigenvalue weighted by Gasteiger charge is -2.32. The Bertz CT molecular complexity index is 989. The number of aromatic nitrogens is 2. The summed E-state index contributed by atoms with van der Waals surface area (Å²) in [4.78, 5) is 23.2. The van der Waals surface area contributed by atoms with Crippen molar-refractivity contribution in [2.45, 2.75) is 26.4 Å². The number of fused-ring (bicyclic) bond motifs is 1. The van der Waals surface area contributed by atoms with E-state index < -0.39 is 0 Å². The highest BCUT2D eigenvalue weighted by Gasteiger charge is 2.29. The van der Waals surface area contributed by atoms with Gasteiger partial charge in [-0.05, 0) is 26.0 Å². The highest BCUT2D eigenvalue weighted by Crippen LogP contribution is 2.09. The minimum absolute atomic E-state index is 0.0365.